The number of aromatic nitrogens is 2. The number of rotatable bonds is 3. The molecular formula is C25H19N3O4S. The van der Waals surface area contributed by atoms with Gasteiger partial charge in [0.15, 0.2) is 0 Å². The molecule has 164 valence electrons. The summed E-state index contributed by atoms with van der Waals surface area (Å²) in [5.41, 5.74) is 5.68. The van der Waals surface area contributed by atoms with Crippen LogP contribution in [0.2, 0.25) is 0 Å². The maximum absolute atomic E-state index is 13.6. The average Bonchev–Trinajstić information content (AvgIpc) is 3.42. The van der Waals surface area contributed by atoms with Gasteiger partial charge in [0.05, 0.1) is 16.3 Å². The molecule has 0 unspecified atom stereocenters. The van der Waals surface area contributed by atoms with Gasteiger partial charge in [-0.05, 0) is 48.7 Å². The van der Waals surface area contributed by atoms with Crippen molar-refractivity contribution in [2.24, 2.45) is 4.99 Å². The van der Waals surface area contributed by atoms with Crippen LogP contribution in [-0.2, 0) is 16.4 Å². The predicted octanol–water partition coefficient (Wildman–Crippen LogP) is 3.67. The number of phenolic OH excluding ortho intramolecular Hbond substituents is 1. The molecule has 0 amide bonds. The molecule has 1 aliphatic heterocycles. The summed E-state index contributed by atoms with van der Waals surface area (Å²) in [6, 6.07) is 13.3. The van der Waals surface area contributed by atoms with E-state index in [4.69, 9.17) is 4.99 Å². The van der Waals surface area contributed by atoms with E-state index in [0.29, 0.717) is 35.5 Å². The van der Waals surface area contributed by atoms with Crippen molar-refractivity contribution in [3.8, 4) is 16.9 Å². The van der Waals surface area contributed by atoms with Gasteiger partial charge < -0.3 is 10.1 Å². The highest BCUT2D eigenvalue weighted by atomic mass is 32.2. The zero-order valence-corrected chi connectivity index (χ0v) is 18.5. The molecule has 2 aromatic heterocycles. The first-order chi connectivity index (χ1) is 15.9. The summed E-state index contributed by atoms with van der Waals surface area (Å²) in [4.78, 5) is 21.5. The smallest absolute Gasteiger partial charge is 0.268 e. The summed E-state index contributed by atoms with van der Waals surface area (Å²) in [6.07, 6.45) is 3.86. The minimum atomic E-state index is -3.97. The number of aliphatic imine (C=N–C) groups is 1. The van der Waals surface area contributed by atoms with Gasteiger partial charge in [0.2, 0.25) is 5.78 Å². The normalized spacial score (nSPS) is 14.6. The highest BCUT2D eigenvalue weighted by molar-refractivity contribution is 7.90. The van der Waals surface area contributed by atoms with Crippen molar-refractivity contribution in [2.75, 3.05) is 6.54 Å². The fourth-order valence-electron chi connectivity index (χ4n) is 4.62. The number of ketones is 1. The van der Waals surface area contributed by atoms with E-state index in [1.807, 2.05) is 6.92 Å². The lowest BCUT2D eigenvalue weighted by atomic mass is 9.85. The van der Waals surface area contributed by atoms with Crippen molar-refractivity contribution in [2.45, 2.75) is 18.2 Å². The quantitative estimate of drug-likeness (QED) is 0.431. The van der Waals surface area contributed by atoms with Crippen LogP contribution < -0.4 is 0 Å². The van der Waals surface area contributed by atoms with E-state index in [2.05, 4.69) is 4.98 Å². The molecule has 1 aliphatic carbocycles. The van der Waals surface area contributed by atoms with Crippen molar-refractivity contribution in [3.63, 3.8) is 0 Å². The Morgan fingerprint density at radius 3 is 2.48 bits per heavy atom. The second-order valence-electron chi connectivity index (χ2n) is 8.30. The van der Waals surface area contributed by atoms with Crippen LogP contribution in [0.5, 0.6) is 5.75 Å². The molecule has 8 heteroatoms. The highest BCUT2D eigenvalue weighted by Gasteiger charge is 2.40. The van der Waals surface area contributed by atoms with Gasteiger partial charge >= 0.3 is 0 Å². The van der Waals surface area contributed by atoms with Crippen LogP contribution in [0.3, 0.4) is 0 Å². The fourth-order valence-corrected chi connectivity index (χ4v) is 6.01. The zero-order chi connectivity index (χ0) is 22.9. The first kappa shape index (κ1) is 19.8. The molecular weight excluding hydrogens is 438 g/mol. The average molecular weight is 458 g/mol. The number of H-pyrrole nitrogens is 1. The van der Waals surface area contributed by atoms with Crippen LogP contribution in [0.1, 0.15) is 38.4 Å². The molecule has 0 saturated heterocycles. The number of nitrogens with zero attached hydrogens (tertiary/aromatic N) is 2. The Balaban J connectivity index is 1.57. The second-order valence-corrected chi connectivity index (χ2v) is 10.1. The van der Waals surface area contributed by atoms with Crippen molar-refractivity contribution in [1.82, 2.24) is 8.96 Å². The maximum Gasteiger partial charge on any atom is 0.268 e. The molecule has 0 saturated carbocycles. The Hall–Kier alpha value is -3.91. The molecule has 3 heterocycles. The van der Waals surface area contributed by atoms with Gasteiger partial charge in [0, 0.05) is 35.6 Å². The molecule has 33 heavy (non-hydrogen) atoms. The number of hydrogen-bond acceptors (Lipinski definition) is 5. The Bertz CT molecular complexity index is 1590. The van der Waals surface area contributed by atoms with Crippen LogP contribution >= 0.6 is 0 Å². The van der Waals surface area contributed by atoms with Crippen LogP contribution in [0.15, 0.2) is 70.8 Å². The molecule has 2 N–H and O–H groups in total. The summed E-state index contributed by atoms with van der Waals surface area (Å²) in [5.74, 6) is -0.231. The lowest BCUT2D eigenvalue weighted by Gasteiger charge is -2.21. The molecule has 7 nitrogen and oxygen atoms in total. The molecule has 2 aromatic carbocycles. The first-order valence-electron chi connectivity index (χ1n) is 10.5. The lowest BCUT2D eigenvalue weighted by molar-refractivity contribution is 0.102. The van der Waals surface area contributed by atoms with Gasteiger partial charge in [-0.2, -0.15) is 0 Å². The Kier molecular flexibility index (Phi) is 4.07. The molecule has 0 fully saturated rings. The summed E-state index contributed by atoms with van der Waals surface area (Å²) < 4.78 is 28.2. The molecule has 0 spiro atoms. The van der Waals surface area contributed by atoms with Crippen LogP contribution in [0, 0.1) is 6.92 Å². The number of carbonyl (C=O) groups excluding carboxylic acids is 1. The van der Waals surface area contributed by atoms with Crippen LogP contribution in [0.4, 0.5) is 0 Å². The van der Waals surface area contributed by atoms with Crippen molar-refractivity contribution < 1.29 is 18.3 Å². The molecule has 6 rings (SSSR count). The van der Waals surface area contributed by atoms with E-state index in [1.165, 1.54) is 0 Å². The number of hydrogen-bond donors (Lipinski definition) is 2. The van der Waals surface area contributed by atoms with Crippen molar-refractivity contribution in [1.29, 1.82) is 0 Å². The summed E-state index contributed by atoms with van der Waals surface area (Å²) in [6.45, 7) is 2.39. The standard InChI is InChI=1S/C25H19N3O4S/c1-14-2-8-18(9-3-14)33(31,32)28-13-16-10-11-26-22-20(16)24(28)25(30)23-21(22)19(12-27-23)15-4-6-17(29)7-5-15/h2-9,12-13,27,29H,10-11H2,1H3. The van der Waals surface area contributed by atoms with Gasteiger partial charge in [-0.25, -0.2) is 12.4 Å². The number of phenols is 1. The second kappa shape index (κ2) is 6.79. The molecule has 0 radical (unpaired) electrons. The Morgan fingerprint density at radius 1 is 1.03 bits per heavy atom. The topological polar surface area (TPSA) is 105 Å². The first-order valence-corrected chi connectivity index (χ1v) is 12.0. The van der Waals surface area contributed by atoms with E-state index in [9.17, 15) is 18.3 Å². The Labute approximate surface area is 190 Å². The number of aromatic hydroxyl groups is 1. The van der Waals surface area contributed by atoms with Crippen molar-refractivity contribution >= 4 is 21.5 Å². The third-order valence-corrected chi connectivity index (χ3v) is 7.93. The van der Waals surface area contributed by atoms with Crippen molar-refractivity contribution in [3.05, 3.63) is 94.6 Å². The van der Waals surface area contributed by atoms with E-state index >= 15 is 0 Å². The minimum Gasteiger partial charge on any atom is -0.508 e. The van der Waals surface area contributed by atoms with E-state index in [-0.39, 0.29) is 22.1 Å². The summed E-state index contributed by atoms with van der Waals surface area (Å²) >= 11 is 0. The molecule has 0 bridgehead atoms. The number of nitrogens with one attached hydrogen (secondary N) is 1. The van der Waals surface area contributed by atoms with Gasteiger partial charge in [-0.3, -0.25) is 9.79 Å². The monoisotopic (exact) mass is 457 g/mol. The fraction of sp³-hybridized carbons (Fsp3) is 0.120. The van der Waals surface area contributed by atoms with E-state index in [1.54, 1.807) is 60.9 Å². The maximum atomic E-state index is 13.6. The van der Waals surface area contributed by atoms with Gasteiger partial charge in [-0.15, -0.1) is 0 Å². The van der Waals surface area contributed by atoms with Gasteiger partial charge in [0.25, 0.3) is 10.0 Å². The third kappa shape index (κ3) is 2.77. The SMILES string of the molecule is Cc1ccc(S(=O)(=O)n2cc3c4c2C(=O)c2[nH]cc(-c5ccc(O)cc5)c2C4=NCC3)cc1. The highest BCUT2D eigenvalue weighted by Crippen LogP contribution is 2.39. The van der Waals surface area contributed by atoms with Crippen LogP contribution in [0.25, 0.3) is 11.1 Å². The molecule has 2 aliphatic rings. The summed E-state index contributed by atoms with van der Waals surface area (Å²) in [5, 5.41) is 9.65. The molecule has 4 aromatic rings. The number of aromatic amines is 1. The summed E-state index contributed by atoms with van der Waals surface area (Å²) in [7, 11) is -3.97. The zero-order valence-electron chi connectivity index (χ0n) is 17.7. The van der Waals surface area contributed by atoms with Crippen LogP contribution in [-0.4, -0.2) is 40.5 Å². The largest absolute Gasteiger partial charge is 0.508 e. The minimum absolute atomic E-state index is 0.121. The van der Waals surface area contributed by atoms with Gasteiger partial charge in [0.1, 0.15) is 11.4 Å². The van der Waals surface area contributed by atoms with E-state index < -0.39 is 10.0 Å². The lowest BCUT2D eigenvalue weighted by Crippen LogP contribution is -2.27. The molecule has 0 atom stereocenters. The van der Waals surface area contributed by atoms with E-state index in [0.717, 1.165) is 26.2 Å². The number of benzene rings is 2. The number of carbonyl (C=O) groups is 1. The predicted molar refractivity (Wildman–Crippen MR) is 124 cm³/mol. The number of fused-ring (bicyclic) bond motifs is 2. The Morgan fingerprint density at radius 2 is 1.76 bits per heavy atom. The third-order valence-electron chi connectivity index (χ3n) is 6.25. The number of aryl methyl sites for hydroxylation is 1. The van der Waals surface area contributed by atoms with Gasteiger partial charge in [-0.1, -0.05) is 29.8 Å².